The molecule has 0 heterocycles. The van der Waals surface area contributed by atoms with Crippen LogP contribution in [0.1, 0.15) is 6.42 Å². The molecule has 13 heteroatoms. The van der Waals surface area contributed by atoms with Crippen LogP contribution in [0.25, 0.3) is 0 Å². The van der Waals surface area contributed by atoms with E-state index in [4.69, 9.17) is 0 Å². The number of halogens is 9. The summed E-state index contributed by atoms with van der Waals surface area (Å²) in [5, 5.41) is -6.69. The van der Waals surface area contributed by atoms with Crippen LogP contribution in [0.5, 0.6) is 0 Å². The van der Waals surface area contributed by atoms with Gasteiger partial charge in [-0.1, -0.05) is 6.92 Å². The zero-order valence-corrected chi connectivity index (χ0v) is 10.1. The predicted molar refractivity (Wildman–Crippen MR) is 47.8 cm³/mol. The van der Waals surface area contributed by atoms with E-state index in [1.165, 1.54) is 0 Å². The molecule has 0 aromatic carbocycles. The largest absolute Gasteiger partial charge is 0.460 e. The maximum absolute atomic E-state index is 12.9. The second kappa shape index (κ2) is 5.24. The van der Waals surface area contributed by atoms with Gasteiger partial charge in [0.2, 0.25) is 0 Å². The first-order valence-electron chi connectivity index (χ1n) is 4.55. The van der Waals surface area contributed by atoms with Crippen LogP contribution in [0, 0.1) is 6.92 Å². The highest BCUT2D eigenvalue weighted by molar-refractivity contribution is 7.90. The van der Waals surface area contributed by atoms with Crippen molar-refractivity contribution in [1.82, 2.24) is 4.72 Å². The van der Waals surface area contributed by atoms with Crippen molar-refractivity contribution in [3.05, 3.63) is 6.92 Å². The van der Waals surface area contributed by atoms with Crippen LogP contribution >= 0.6 is 0 Å². The molecule has 0 spiro atoms. The monoisotopic (exact) mass is 340 g/mol. The lowest BCUT2D eigenvalue weighted by molar-refractivity contribution is -0.382. The van der Waals surface area contributed by atoms with Crippen molar-refractivity contribution in [2.45, 2.75) is 29.7 Å². The normalized spacial score (nSPS) is 15.5. The van der Waals surface area contributed by atoms with Gasteiger partial charge in [-0.15, -0.1) is 0 Å². The Labute approximate surface area is 107 Å². The number of alkyl halides is 9. The Hall–Kier alpha value is -0.720. The summed E-state index contributed by atoms with van der Waals surface area (Å²) in [6.45, 7) is 1.98. The minimum atomic E-state index is -7.25. The number of nitrogens with one attached hydrogen (secondary N) is 1. The molecule has 0 aromatic heterocycles. The molecule has 0 bridgehead atoms. The molecule has 0 unspecified atom stereocenters. The zero-order chi connectivity index (χ0) is 16.6. The molecule has 0 saturated heterocycles. The van der Waals surface area contributed by atoms with E-state index in [0.29, 0.717) is 0 Å². The van der Waals surface area contributed by atoms with Crippen LogP contribution < -0.4 is 4.72 Å². The van der Waals surface area contributed by atoms with Gasteiger partial charge in [-0.3, -0.25) is 0 Å². The fourth-order valence-electron chi connectivity index (χ4n) is 0.827. The fraction of sp³-hybridized carbons (Fsp3) is 0.857. The Bertz CT molecular complexity index is 442. The van der Waals surface area contributed by atoms with Gasteiger partial charge in [0.25, 0.3) is 10.0 Å². The Morgan fingerprint density at radius 3 is 1.55 bits per heavy atom. The standard InChI is InChI=1S/C7H7F9NO2S/c1-2-3-17-20(18,19)7(15,16)5(10,11)4(8,9)6(12,13)14/h17H,1-3H2. The number of hydrogen-bond donors (Lipinski definition) is 1. The van der Waals surface area contributed by atoms with Crippen LogP contribution in [0.3, 0.4) is 0 Å². The molecule has 1 radical (unpaired) electrons. The Morgan fingerprint density at radius 1 is 0.850 bits per heavy atom. The third kappa shape index (κ3) is 2.82. The first-order valence-corrected chi connectivity index (χ1v) is 6.03. The molecular formula is C7H7F9NO2S. The average molecular weight is 340 g/mol. The summed E-state index contributed by atoms with van der Waals surface area (Å²) < 4.78 is 134. The lowest BCUT2D eigenvalue weighted by atomic mass is 10.1. The molecule has 3 nitrogen and oxygen atoms in total. The van der Waals surface area contributed by atoms with Gasteiger partial charge in [0.1, 0.15) is 0 Å². The maximum atomic E-state index is 12.9. The summed E-state index contributed by atoms with van der Waals surface area (Å²) in [6.07, 6.45) is -7.50. The van der Waals surface area contributed by atoms with Gasteiger partial charge in [0.15, 0.2) is 0 Å². The molecule has 20 heavy (non-hydrogen) atoms. The molecule has 1 N–H and O–H groups in total. The van der Waals surface area contributed by atoms with E-state index >= 15 is 0 Å². The highest BCUT2D eigenvalue weighted by atomic mass is 32.2. The highest BCUT2D eigenvalue weighted by Crippen LogP contribution is 2.54. The molecular weight excluding hydrogens is 333 g/mol. The summed E-state index contributed by atoms with van der Waals surface area (Å²) >= 11 is 0. The summed E-state index contributed by atoms with van der Waals surface area (Å²) in [4.78, 5) is 0. The summed E-state index contributed by atoms with van der Waals surface area (Å²) in [6, 6.07) is 0. The van der Waals surface area contributed by atoms with Crippen molar-refractivity contribution in [2.24, 2.45) is 0 Å². The minimum Gasteiger partial charge on any atom is -0.210 e. The van der Waals surface area contributed by atoms with E-state index in [9.17, 15) is 47.9 Å². The number of sulfonamides is 1. The molecule has 121 valence electrons. The Kier molecular flexibility index (Phi) is 5.05. The number of rotatable bonds is 6. The lowest BCUT2D eigenvalue weighted by Gasteiger charge is -2.32. The van der Waals surface area contributed by atoms with Gasteiger partial charge >= 0.3 is 23.3 Å². The van der Waals surface area contributed by atoms with Crippen LogP contribution in [-0.4, -0.2) is 38.2 Å². The van der Waals surface area contributed by atoms with Crippen LogP contribution in [0.15, 0.2) is 0 Å². The first-order chi connectivity index (χ1) is 8.56. The van der Waals surface area contributed by atoms with Gasteiger partial charge in [-0.2, -0.15) is 39.5 Å². The molecule has 0 saturated carbocycles. The van der Waals surface area contributed by atoms with Crippen molar-refractivity contribution in [3.63, 3.8) is 0 Å². The van der Waals surface area contributed by atoms with Crippen molar-refractivity contribution in [3.8, 4) is 0 Å². The molecule has 0 amide bonds. The second-order valence-corrected chi connectivity index (χ2v) is 5.22. The van der Waals surface area contributed by atoms with Gasteiger partial charge in [0.05, 0.1) is 0 Å². The van der Waals surface area contributed by atoms with Crippen LogP contribution in [-0.2, 0) is 10.0 Å². The topological polar surface area (TPSA) is 46.2 Å². The molecule has 0 aliphatic rings. The van der Waals surface area contributed by atoms with E-state index in [0.717, 1.165) is 4.72 Å². The van der Waals surface area contributed by atoms with Gasteiger partial charge in [-0.25, -0.2) is 13.1 Å². The molecule has 0 rings (SSSR count). The second-order valence-electron chi connectivity index (χ2n) is 3.41. The van der Waals surface area contributed by atoms with E-state index in [2.05, 4.69) is 6.92 Å². The first kappa shape index (κ1) is 19.3. The van der Waals surface area contributed by atoms with Crippen molar-refractivity contribution in [1.29, 1.82) is 0 Å². The lowest BCUT2D eigenvalue weighted by Crippen LogP contribution is -2.64. The molecule has 0 aliphatic carbocycles. The van der Waals surface area contributed by atoms with E-state index < -0.39 is 46.3 Å². The van der Waals surface area contributed by atoms with Gasteiger partial charge in [-0.05, 0) is 6.42 Å². The molecule has 0 aliphatic heterocycles. The third-order valence-corrected chi connectivity index (χ3v) is 3.44. The van der Waals surface area contributed by atoms with Crippen molar-refractivity contribution >= 4 is 10.0 Å². The fourth-order valence-corrected chi connectivity index (χ4v) is 1.89. The number of hydrogen-bond acceptors (Lipinski definition) is 2. The average Bonchev–Trinajstić information content (AvgIpc) is 2.24. The SMILES string of the molecule is [CH2]CCNS(=O)(=O)C(F)(F)C(F)(F)C(F)(F)C(F)(F)F. The van der Waals surface area contributed by atoms with Gasteiger partial charge in [0, 0.05) is 6.54 Å². The Morgan fingerprint density at radius 2 is 1.25 bits per heavy atom. The minimum absolute atomic E-state index is 0.434. The predicted octanol–water partition coefficient (Wildman–Crippen LogP) is 2.56. The smallest absolute Gasteiger partial charge is 0.210 e. The molecule has 0 atom stereocenters. The Balaban J connectivity index is 5.82. The van der Waals surface area contributed by atoms with Crippen LogP contribution in [0.4, 0.5) is 39.5 Å². The quantitative estimate of drug-likeness (QED) is 0.756. The van der Waals surface area contributed by atoms with Crippen LogP contribution in [0.2, 0.25) is 0 Å². The summed E-state index contributed by atoms with van der Waals surface area (Å²) in [5.74, 6) is -14.5. The third-order valence-electron chi connectivity index (χ3n) is 1.92. The summed E-state index contributed by atoms with van der Waals surface area (Å²) in [5.41, 5.74) is 0. The van der Waals surface area contributed by atoms with E-state index in [1.807, 2.05) is 0 Å². The van der Waals surface area contributed by atoms with Gasteiger partial charge < -0.3 is 0 Å². The highest BCUT2D eigenvalue weighted by Gasteiger charge is 2.85. The van der Waals surface area contributed by atoms with Crippen molar-refractivity contribution in [2.75, 3.05) is 6.54 Å². The molecule has 0 fully saturated rings. The van der Waals surface area contributed by atoms with Crippen molar-refractivity contribution < 1.29 is 47.9 Å². The van der Waals surface area contributed by atoms with E-state index in [-0.39, 0.29) is 0 Å². The summed E-state index contributed by atoms with van der Waals surface area (Å²) in [7, 11) is -6.48. The van der Waals surface area contributed by atoms with E-state index in [1.54, 1.807) is 0 Å². The maximum Gasteiger partial charge on any atom is 0.460 e. The zero-order valence-electron chi connectivity index (χ0n) is 9.25. The molecule has 0 aromatic rings.